The fourth-order valence-corrected chi connectivity index (χ4v) is 3.29. The van der Waals surface area contributed by atoms with Gasteiger partial charge in [-0.25, -0.2) is 0 Å². The summed E-state index contributed by atoms with van der Waals surface area (Å²) in [7, 11) is 2.14. The van der Waals surface area contributed by atoms with E-state index in [0.29, 0.717) is 6.54 Å². The molecule has 0 unspecified atom stereocenters. The Morgan fingerprint density at radius 2 is 2.13 bits per heavy atom. The summed E-state index contributed by atoms with van der Waals surface area (Å²) in [6.07, 6.45) is 3.32. The highest BCUT2D eigenvalue weighted by molar-refractivity contribution is 9.10. The number of hydrogen-bond donors (Lipinski definition) is 1. The summed E-state index contributed by atoms with van der Waals surface area (Å²) >= 11 is 3.56. The van der Waals surface area contributed by atoms with Crippen molar-refractivity contribution in [2.45, 2.75) is 26.8 Å². The van der Waals surface area contributed by atoms with E-state index in [2.05, 4.69) is 66.0 Å². The first-order chi connectivity index (χ1) is 10.9. The van der Waals surface area contributed by atoms with Crippen LogP contribution in [0.15, 0.2) is 28.7 Å². The van der Waals surface area contributed by atoms with Gasteiger partial charge in [0, 0.05) is 41.5 Å². The van der Waals surface area contributed by atoms with Crippen LogP contribution in [0, 0.1) is 5.41 Å². The first-order valence-corrected chi connectivity index (χ1v) is 8.84. The molecular formula is C18H24BrN3O. The Balaban J connectivity index is 2.09. The summed E-state index contributed by atoms with van der Waals surface area (Å²) < 4.78 is 3.10. The average molecular weight is 378 g/mol. The monoisotopic (exact) mass is 377 g/mol. The molecule has 0 radical (unpaired) electrons. The molecule has 1 aromatic carbocycles. The molecule has 1 aliphatic heterocycles. The molecule has 124 valence electrons. The quantitative estimate of drug-likeness (QED) is 0.885. The Labute approximate surface area is 145 Å². The first-order valence-electron chi connectivity index (χ1n) is 8.04. The molecule has 1 aromatic heterocycles. The second kappa shape index (κ2) is 6.38. The van der Waals surface area contributed by atoms with Crippen LogP contribution in [0.25, 0.3) is 16.5 Å². The van der Waals surface area contributed by atoms with Gasteiger partial charge < -0.3 is 10.0 Å². The Hall–Kier alpha value is -1.17. The van der Waals surface area contributed by atoms with E-state index in [9.17, 15) is 5.11 Å². The third kappa shape index (κ3) is 3.52. The zero-order valence-electron chi connectivity index (χ0n) is 14.0. The number of likely N-dealkylation sites (N-methyl/N-ethyl adjacent to an activating group) is 1. The second-order valence-corrected chi connectivity index (χ2v) is 8.15. The summed E-state index contributed by atoms with van der Waals surface area (Å²) in [4.78, 5) is 2.31. The number of halogens is 1. The van der Waals surface area contributed by atoms with Gasteiger partial charge in [0.05, 0.1) is 11.2 Å². The van der Waals surface area contributed by atoms with Crippen LogP contribution < -0.4 is 0 Å². The van der Waals surface area contributed by atoms with E-state index in [4.69, 9.17) is 5.10 Å². The van der Waals surface area contributed by atoms with Crippen molar-refractivity contribution in [3.8, 4) is 0 Å². The number of aromatic nitrogens is 2. The number of benzene rings is 1. The standard InChI is InChI=1S/C18H24BrN3O/c1-18(2,12-23)11-22-16-10-14(19)4-5-15(16)17(20-22)13-6-8-21(3)9-7-13/h4-6,10,23H,7-9,11-12H2,1-3H3. The van der Waals surface area contributed by atoms with Gasteiger partial charge in [-0.15, -0.1) is 0 Å². The fraction of sp³-hybridized carbons (Fsp3) is 0.500. The predicted octanol–water partition coefficient (Wildman–Crippen LogP) is 3.54. The molecule has 5 heteroatoms. The summed E-state index contributed by atoms with van der Waals surface area (Å²) in [5.41, 5.74) is 3.35. The van der Waals surface area contributed by atoms with Crippen LogP contribution in [-0.2, 0) is 6.54 Å². The van der Waals surface area contributed by atoms with Crippen molar-refractivity contribution in [2.24, 2.45) is 5.41 Å². The van der Waals surface area contributed by atoms with E-state index < -0.39 is 0 Å². The molecule has 1 aliphatic rings. The molecular weight excluding hydrogens is 354 g/mol. The molecule has 0 saturated heterocycles. The molecule has 0 bridgehead atoms. The van der Waals surface area contributed by atoms with Crippen molar-refractivity contribution >= 4 is 32.4 Å². The molecule has 3 rings (SSSR count). The van der Waals surface area contributed by atoms with Crippen LogP contribution in [-0.4, -0.2) is 46.5 Å². The number of aliphatic hydroxyl groups is 1. The SMILES string of the molecule is CN1CC=C(c2nn(CC(C)(C)CO)c3cc(Br)ccc23)CC1. The van der Waals surface area contributed by atoms with Crippen LogP contribution in [0.4, 0.5) is 0 Å². The van der Waals surface area contributed by atoms with Crippen LogP contribution in [0.3, 0.4) is 0 Å². The topological polar surface area (TPSA) is 41.3 Å². The largest absolute Gasteiger partial charge is 0.396 e. The number of hydrogen-bond acceptors (Lipinski definition) is 3. The normalized spacial score (nSPS) is 16.8. The van der Waals surface area contributed by atoms with Crippen LogP contribution in [0.5, 0.6) is 0 Å². The summed E-state index contributed by atoms with van der Waals surface area (Å²) in [6.45, 7) is 7.01. The smallest absolute Gasteiger partial charge is 0.0959 e. The van der Waals surface area contributed by atoms with Gasteiger partial charge in [-0.3, -0.25) is 4.68 Å². The van der Waals surface area contributed by atoms with Crippen LogP contribution in [0.1, 0.15) is 26.0 Å². The van der Waals surface area contributed by atoms with Crippen molar-refractivity contribution in [1.82, 2.24) is 14.7 Å². The Bertz CT molecular complexity index is 748. The van der Waals surface area contributed by atoms with Crippen molar-refractivity contribution in [3.05, 3.63) is 34.4 Å². The number of aliphatic hydroxyl groups excluding tert-OH is 1. The van der Waals surface area contributed by atoms with E-state index in [0.717, 1.165) is 35.2 Å². The molecule has 0 spiro atoms. The summed E-state index contributed by atoms with van der Waals surface area (Å²) in [5.74, 6) is 0. The van der Waals surface area contributed by atoms with Gasteiger partial charge in [-0.1, -0.05) is 35.9 Å². The fourth-order valence-electron chi connectivity index (χ4n) is 2.95. The molecule has 4 nitrogen and oxygen atoms in total. The third-order valence-electron chi connectivity index (χ3n) is 4.44. The molecule has 0 saturated carbocycles. The van der Waals surface area contributed by atoms with E-state index in [-0.39, 0.29) is 12.0 Å². The molecule has 23 heavy (non-hydrogen) atoms. The lowest BCUT2D eigenvalue weighted by atomic mass is 9.95. The number of nitrogens with zero attached hydrogens (tertiary/aromatic N) is 3. The minimum absolute atomic E-state index is 0.144. The van der Waals surface area contributed by atoms with E-state index in [1.165, 1.54) is 11.0 Å². The van der Waals surface area contributed by atoms with Gasteiger partial charge in [0.25, 0.3) is 0 Å². The number of rotatable bonds is 4. The Morgan fingerprint density at radius 1 is 1.35 bits per heavy atom. The van der Waals surface area contributed by atoms with Crippen molar-refractivity contribution in [1.29, 1.82) is 0 Å². The van der Waals surface area contributed by atoms with Crippen molar-refractivity contribution in [3.63, 3.8) is 0 Å². The van der Waals surface area contributed by atoms with Crippen LogP contribution >= 0.6 is 15.9 Å². The van der Waals surface area contributed by atoms with Gasteiger partial charge in [-0.2, -0.15) is 5.10 Å². The van der Waals surface area contributed by atoms with Gasteiger partial charge in [0.15, 0.2) is 0 Å². The third-order valence-corrected chi connectivity index (χ3v) is 4.93. The highest BCUT2D eigenvalue weighted by Gasteiger charge is 2.22. The minimum Gasteiger partial charge on any atom is -0.396 e. The predicted molar refractivity (Wildman–Crippen MR) is 98.4 cm³/mol. The zero-order chi connectivity index (χ0) is 16.6. The van der Waals surface area contributed by atoms with E-state index >= 15 is 0 Å². The highest BCUT2D eigenvalue weighted by atomic mass is 79.9. The molecule has 1 N–H and O–H groups in total. The minimum atomic E-state index is -0.195. The first kappa shape index (κ1) is 16.7. The van der Waals surface area contributed by atoms with Gasteiger partial charge in [0.2, 0.25) is 0 Å². The zero-order valence-corrected chi connectivity index (χ0v) is 15.6. The van der Waals surface area contributed by atoms with Gasteiger partial charge in [0.1, 0.15) is 0 Å². The average Bonchev–Trinajstić information content (AvgIpc) is 2.85. The Morgan fingerprint density at radius 3 is 2.78 bits per heavy atom. The lowest BCUT2D eigenvalue weighted by Gasteiger charge is -2.22. The maximum Gasteiger partial charge on any atom is 0.0959 e. The maximum absolute atomic E-state index is 9.60. The lowest BCUT2D eigenvalue weighted by Crippen LogP contribution is -2.25. The van der Waals surface area contributed by atoms with Gasteiger partial charge in [-0.05, 0) is 37.2 Å². The second-order valence-electron chi connectivity index (χ2n) is 7.23. The molecule has 0 fully saturated rings. The molecule has 0 atom stereocenters. The molecule has 2 aromatic rings. The highest BCUT2D eigenvalue weighted by Crippen LogP contribution is 2.31. The summed E-state index contributed by atoms with van der Waals surface area (Å²) in [5, 5.41) is 15.7. The maximum atomic E-state index is 9.60. The van der Waals surface area contributed by atoms with Crippen molar-refractivity contribution in [2.75, 3.05) is 26.7 Å². The van der Waals surface area contributed by atoms with Crippen molar-refractivity contribution < 1.29 is 5.11 Å². The lowest BCUT2D eigenvalue weighted by molar-refractivity contribution is 0.138. The molecule has 0 aliphatic carbocycles. The molecule has 2 heterocycles. The van der Waals surface area contributed by atoms with Crippen LogP contribution in [0.2, 0.25) is 0 Å². The summed E-state index contributed by atoms with van der Waals surface area (Å²) in [6, 6.07) is 6.34. The number of fused-ring (bicyclic) bond motifs is 1. The van der Waals surface area contributed by atoms with E-state index in [1.807, 2.05) is 4.68 Å². The molecule has 0 amide bonds. The van der Waals surface area contributed by atoms with Gasteiger partial charge >= 0.3 is 0 Å². The van der Waals surface area contributed by atoms with E-state index in [1.54, 1.807) is 0 Å². The Kier molecular flexibility index (Phi) is 4.63.